The Bertz CT molecular complexity index is 485. The standard InChI is InChI=1S/C14H18BrFN2O3/c15-10-7-12(18-2-5-19-6-3-18)14(17-8-10)21-13-1-4-20-9-11(13)16/h7-8,11,13H,1-6,9H2/t11-,13+/m1/s1. The molecule has 0 radical (unpaired) electrons. The van der Waals surface area contributed by atoms with Gasteiger partial charge in [-0.3, -0.25) is 0 Å². The van der Waals surface area contributed by atoms with Crippen LogP contribution in [0.15, 0.2) is 16.7 Å². The normalized spacial score (nSPS) is 26.7. The number of anilines is 1. The lowest BCUT2D eigenvalue weighted by Gasteiger charge is -2.32. The first-order valence-electron chi connectivity index (χ1n) is 7.11. The number of ether oxygens (including phenoxy) is 3. The Kier molecular flexibility index (Phi) is 4.92. The Balaban J connectivity index is 1.80. The van der Waals surface area contributed by atoms with Crippen molar-refractivity contribution in [1.29, 1.82) is 0 Å². The molecule has 0 amide bonds. The third-order valence-electron chi connectivity index (χ3n) is 3.64. The minimum atomic E-state index is -1.11. The molecule has 0 unspecified atom stereocenters. The highest BCUT2D eigenvalue weighted by atomic mass is 79.9. The van der Waals surface area contributed by atoms with Crippen LogP contribution in [-0.2, 0) is 9.47 Å². The van der Waals surface area contributed by atoms with Crippen LogP contribution in [0.4, 0.5) is 10.1 Å². The maximum absolute atomic E-state index is 13.9. The van der Waals surface area contributed by atoms with Gasteiger partial charge in [-0.1, -0.05) is 0 Å². The van der Waals surface area contributed by atoms with Crippen LogP contribution in [0.1, 0.15) is 6.42 Å². The molecule has 2 aliphatic heterocycles. The predicted molar refractivity (Wildman–Crippen MR) is 79.7 cm³/mol. The first-order valence-corrected chi connectivity index (χ1v) is 7.90. The number of halogens is 2. The average Bonchev–Trinajstić information content (AvgIpc) is 2.52. The summed E-state index contributed by atoms with van der Waals surface area (Å²) in [6.07, 6.45) is 0.613. The number of aromatic nitrogens is 1. The van der Waals surface area contributed by atoms with Gasteiger partial charge in [0.25, 0.3) is 0 Å². The molecule has 21 heavy (non-hydrogen) atoms. The molecule has 3 heterocycles. The number of hydrogen-bond donors (Lipinski definition) is 0. The van der Waals surface area contributed by atoms with Crippen molar-refractivity contribution in [2.75, 3.05) is 44.4 Å². The fourth-order valence-corrected chi connectivity index (χ4v) is 2.82. The van der Waals surface area contributed by atoms with Crippen LogP contribution in [0.5, 0.6) is 5.88 Å². The largest absolute Gasteiger partial charge is 0.470 e. The van der Waals surface area contributed by atoms with Crippen molar-refractivity contribution < 1.29 is 18.6 Å². The van der Waals surface area contributed by atoms with E-state index in [4.69, 9.17) is 14.2 Å². The highest BCUT2D eigenvalue weighted by Gasteiger charge is 2.29. The molecule has 0 spiro atoms. The zero-order valence-electron chi connectivity index (χ0n) is 11.6. The molecule has 0 bridgehead atoms. The number of nitrogens with zero attached hydrogens (tertiary/aromatic N) is 2. The Morgan fingerprint density at radius 1 is 1.29 bits per heavy atom. The van der Waals surface area contributed by atoms with Gasteiger partial charge < -0.3 is 19.1 Å². The maximum Gasteiger partial charge on any atom is 0.238 e. The van der Waals surface area contributed by atoms with Gasteiger partial charge in [0.1, 0.15) is 11.8 Å². The quantitative estimate of drug-likeness (QED) is 0.826. The van der Waals surface area contributed by atoms with Gasteiger partial charge in [0, 0.05) is 30.2 Å². The molecule has 2 atom stereocenters. The van der Waals surface area contributed by atoms with Crippen molar-refractivity contribution in [3.05, 3.63) is 16.7 Å². The van der Waals surface area contributed by atoms with Crippen molar-refractivity contribution in [3.8, 4) is 5.88 Å². The van der Waals surface area contributed by atoms with Crippen molar-refractivity contribution >= 4 is 21.6 Å². The van der Waals surface area contributed by atoms with E-state index in [0.717, 1.165) is 23.2 Å². The van der Waals surface area contributed by atoms with Gasteiger partial charge >= 0.3 is 0 Å². The summed E-state index contributed by atoms with van der Waals surface area (Å²) in [5.74, 6) is 0.481. The summed E-state index contributed by atoms with van der Waals surface area (Å²) < 4.78 is 31.1. The number of morpholine rings is 1. The third kappa shape index (κ3) is 3.64. The van der Waals surface area contributed by atoms with Gasteiger partial charge in [0.15, 0.2) is 6.17 Å². The molecule has 7 heteroatoms. The molecule has 1 aromatic heterocycles. The Hall–Kier alpha value is -0.920. The van der Waals surface area contributed by atoms with E-state index in [-0.39, 0.29) is 6.61 Å². The highest BCUT2D eigenvalue weighted by Crippen LogP contribution is 2.31. The highest BCUT2D eigenvalue weighted by molar-refractivity contribution is 9.10. The summed E-state index contributed by atoms with van der Waals surface area (Å²) in [5, 5.41) is 0. The molecular weight excluding hydrogens is 343 g/mol. The minimum absolute atomic E-state index is 0.0914. The van der Waals surface area contributed by atoms with Crippen molar-refractivity contribution in [3.63, 3.8) is 0 Å². The van der Waals surface area contributed by atoms with Crippen LogP contribution < -0.4 is 9.64 Å². The van der Waals surface area contributed by atoms with Crippen molar-refractivity contribution in [2.24, 2.45) is 0 Å². The molecule has 0 aromatic carbocycles. The summed E-state index contributed by atoms with van der Waals surface area (Å²) in [7, 11) is 0. The molecule has 1 aromatic rings. The van der Waals surface area contributed by atoms with Crippen LogP contribution in [-0.4, -0.2) is 56.8 Å². The molecule has 0 N–H and O–H groups in total. The lowest BCUT2D eigenvalue weighted by atomic mass is 10.1. The van der Waals surface area contributed by atoms with E-state index in [1.165, 1.54) is 0 Å². The molecule has 0 aliphatic carbocycles. The minimum Gasteiger partial charge on any atom is -0.470 e. The second kappa shape index (κ2) is 6.89. The second-order valence-corrected chi connectivity index (χ2v) is 6.03. The van der Waals surface area contributed by atoms with Crippen LogP contribution in [0, 0.1) is 0 Å². The summed E-state index contributed by atoms with van der Waals surface area (Å²) >= 11 is 3.43. The Morgan fingerprint density at radius 2 is 2.10 bits per heavy atom. The topological polar surface area (TPSA) is 43.8 Å². The molecule has 2 aliphatic rings. The van der Waals surface area contributed by atoms with Crippen LogP contribution in [0.2, 0.25) is 0 Å². The van der Waals surface area contributed by atoms with Gasteiger partial charge in [0.05, 0.1) is 26.4 Å². The van der Waals surface area contributed by atoms with Gasteiger partial charge in [-0.15, -0.1) is 0 Å². The van der Waals surface area contributed by atoms with E-state index < -0.39 is 12.3 Å². The molecule has 5 nitrogen and oxygen atoms in total. The molecule has 2 saturated heterocycles. The zero-order valence-corrected chi connectivity index (χ0v) is 13.2. The summed E-state index contributed by atoms with van der Waals surface area (Å²) in [4.78, 5) is 6.48. The average molecular weight is 361 g/mol. The van der Waals surface area contributed by atoms with Gasteiger partial charge in [-0.25, -0.2) is 9.37 Å². The molecule has 2 fully saturated rings. The zero-order chi connectivity index (χ0) is 14.7. The van der Waals surface area contributed by atoms with Crippen LogP contribution in [0.25, 0.3) is 0 Å². The van der Waals surface area contributed by atoms with E-state index in [9.17, 15) is 4.39 Å². The number of pyridine rings is 1. The van der Waals surface area contributed by atoms with E-state index in [1.54, 1.807) is 6.20 Å². The molecule has 0 saturated carbocycles. The monoisotopic (exact) mass is 360 g/mol. The summed E-state index contributed by atoms with van der Waals surface area (Å²) in [6, 6.07) is 1.96. The number of rotatable bonds is 3. The molecular formula is C14H18BrFN2O3. The van der Waals surface area contributed by atoms with Crippen molar-refractivity contribution in [1.82, 2.24) is 4.98 Å². The number of hydrogen-bond acceptors (Lipinski definition) is 5. The fourth-order valence-electron chi connectivity index (χ4n) is 2.50. The lowest BCUT2D eigenvalue weighted by molar-refractivity contribution is -0.0395. The van der Waals surface area contributed by atoms with E-state index in [0.29, 0.717) is 32.1 Å². The molecule has 3 rings (SSSR count). The smallest absolute Gasteiger partial charge is 0.238 e. The summed E-state index contributed by atoms with van der Waals surface area (Å²) in [5.41, 5.74) is 0.881. The third-order valence-corrected chi connectivity index (χ3v) is 4.07. The summed E-state index contributed by atoms with van der Waals surface area (Å²) in [6.45, 7) is 3.52. The fraction of sp³-hybridized carbons (Fsp3) is 0.643. The Labute approximate surface area is 131 Å². The maximum atomic E-state index is 13.9. The van der Waals surface area contributed by atoms with E-state index in [1.807, 2.05) is 6.07 Å². The van der Waals surface area contributed by atoms with Crippen molar-refractivity contribution in [2.45, 2.75) is 18.7 Å². The number of alkyl halides is 1. The Morgan fingerprint density at radius 3 is 2.86 bits per heavy atom. The van der Waals surface area contributed by atoms with Crippen LogP contribution in [0.3, 0.4) is 0 Å². The SMILES string of the molecule is F[C@@H]1COCC[C@@H]1Oc1ncc(Br)cc1N1CCOCC1. The second-order valence-electron chi connectivity index (χ2n) is 5.11. The van der Waals surface area contributed by atoms with E-state index in [2.05, 4.69) is 25.8 Å². The predicted octanol–water partition coefficient (Wildman–Crippen LogP) is 2.19. The van der Waals surface area contributed by atoms with Gasteiger partial charge in [-0.05, 0) is 22.0 Å². The van der Waals surface area contributed by atoms with Crippen LogP contribution >= 0.6 is 15.9 Å². The molecule has 116 valence electrons. The van der Waals surface area contributed by atoms with E-state index >= 15 is 0 Å². The first-order chi connectivity index (χ1) is 10.2. The lowest BCUT2D eigenvalue weighted by Crippen LogP contribution is -2.39. The van der Waals surface area contributed by atoms with Gasteiger partial charge in [-0.2, -0.15) is 0 Å². The van der Waals surface area contributed by atoms with Gasteiger partial charge in [0.2, 0.25) is 5.88 Å². The first kappa shape index (κ1) is 15.0.